The van der Waals surface area contributed by atoms with Crippen LogP contribution in [-0.2, 0) is 0 Å². The minimum Gasteiger partial charge on any atom is -0.399 e. The number of aromatic nitrogens is 1. The minimum atomic E-state index is 0.144. The highest BCUT2D eigenvalue weighted by atomic mass is 35.5. The van der Waals surface area contributed by atoms with E-state index >= 15 is 0 Å². The van der Waals surface area contributed by atoms with Gasteiger partial charge in [-0.1, -0.05) is 17.7 Å². The van der Waals surface area contributed by atoms with Gasteiger partial charge in [0.25, 0.3) is 0 Å². The summed E-state index contributed by atoms with van der Waals surface area (Å²) in [5, 5.41) is 3.47. The smallest absolute Gasteiger partial charge is 0.133 e. The van der Waals surface area contributed by atoms with Gasteiger partial charge in [0.05, 0.1) is 0 Å². The van der Waals surface area contributed by atoms with Crippen molar-refractivity contribution in [3.8, 4) is 0 Å². The van der Waals surface area contributed by atoms with E-state index in [1.807, 2.05) is 6.92 Å². The normalized spacial score (nSPS) is 12.2. The zero-order valence-corrected chi connectivity index (χ0v) is 8.17. The third kappa shape index (κ3) is 2.95. The van der Waals surface area contributed by atoms with E-state index in [-0.39, 0.29) is 6.04 Å². The zero-order chi connectivity index (χ0) is 9.84. The first-order valence-electron chi connectivity index (χ1n) is 3.94. The first kappa shape index (κ1) is 9.86. The van der Waals surface area contributed by atoms with E-state index in [2.05, 4.69) is 16.9 Å². The lowest BCUT2D eigenvalue weighted by Gasteiger charge is -2.10. The molecule has 1 unspecified atom stereocenters. The van der Waals surface area contributed by atoms with Crippen LogP contribution < -0.4 is 11.1 Å². The van der Waals surface area contributed by atoms with E-state index in [1.165, 1.54) is 0 Å². The fourth-order valence-corrected chi connectivity index (χ4v) is 1.10. The summed E-state index contributed by atoms with van der Waals surface area (Å²) in [6.45, 7) is 5.61. The maximum absolute atomic E-state index is 5.72. The predicted molar refractivity (Wildman–Crippen MR) is 56.9 cm³/mol. The second-order valence-corrected chi connectivity index (χ2v) is 3.16. The molecule has 70 valence electrons. The Bertz CT molecular complexity index is 291. The molecule has 3 N–H and O–H groups in total. The Balaban J connectivity index is 2.82. The lowest BCUT2D eigenvalue weighted by molar-refractivity contribution is 0.984. The van der Waals surface area contributed by atoms with E-state index in [0.717, 1.165) is 0 Å². The zero-order valence-electron chi connectivity index (χ0n) is 7.42. The van der Waals surface area contributed by atoms with E-state index < -0.39 is 0 Å². The van der Waals surface area contributed by atoms with E-state index in [9.17, 15) is 0 Å². The van der Waals surface area contributed by atoms with Gasteiger partial charge in [-0.25, -0.2) is 4.98 Å². The molecule has 1 atom stereocenters. The fraction of sp³-hybridized carbons (Fsp3) is 0.222. The number of pyridine rings is 1. The predicted octanol–water partition coefficient (Wildman–Crippen LogP) is 2.30. The molecule has 13 heavy (non-hydrogen) atoms. The summed E-state index contributed by atoms with van der Waals surface area (Å²) in [6, 6.07) is 3.47. The van der Waals surface area contributed by atoms with Crippen molar-refractivity contribution in [3.63, 3.8) is 0 Å². The number of hydrogen-bond acceptors (Lipinski definition) is 3. The number of halogens is 1. The Hall–Kier alpha value is -1.22. The van der Waals surface area contributed by atoms with Gasteiger partial charge in [-0.2, -0.15) is 0 Å². The molecule has 0 aliphatic carbocycles. The van der Waals surface area contributed by atoms with Crippen molar-refractivity contribution in [2.24, 2.45) is 0 Å². The van der Waals surface area contributed by atoms with Crippen molar-refractivity contribution >= 4 is 23.1 Å². The number of hydrogen-bond donors (Lipinski definition) is 2. The van der Waals surface area contributed by atoms with Crippen molar-refractivity contribution in [1.29, 1.82) is 0 Å². The molecule has 0 fully saturated rings. The number of rotatable bonds is 3. The van der Waals surface area contributed by atoms with Crippen molar-refractivity contribution in [1.82, 2.24) is 4.98 Å². The Morgan fingerprint density at radius 1 is 1.69 bits per heavy atom. The largest absolute Gasteiger partial charge is 0.399 e. The van der Waals surface area contributed by atoms with Gasteiger partial charge in [-0.3, -0.25) is 0 Å². The molecular weight excluding hydrogens is 186 g/mol. The van der Waals surface area contributed by atoms with Gasteiger partial charge in [0.1, 0.15) is 11.0 Å². The van der Waals surface area contributed by atoms with Crippen molar-refractivity contribution in [2.75, 3.05) is 11.1 Å². The number of anilines is 2. The lowest BCUT2D eigenvalue weighted by atomic mass is 10.3. The van der Waals surface area contributed by atoms with Crippen LogP contribution in [0.25, 0.3) is 0 Å². The van der Waals surface area contributed by atoms with Crippen molar-refractivity contribution < 1.29 is 0 Å². The van der Waals surface area contributed by atoms with Crippen molar-refractivity contribution in [3.05, 3.63) is 29.9 Å². The SMILES string of the molecule is C=CC(C)Nc1cc(N)cc(Cl)n1. The van der Waals surface area contributed by atoms with Crippen LogP contribution in [0.2, 0.25) is 5.15 Å². The monoisotopic (exact) mass is 197 g/mol. The minimum absolute atomic E-state index is 0.144. The third-order valence-corrected chi connectivity index (χ3v) is 1.74. The van der Waals surface area contributed by atoms with Gasteiger partial charge in [-0.15, -0.1) is 6.58 Å². The Morgan fingerprint density at radius 2 is 2.38 bits per heavy atom. The quantitative estimate of drug-likeness (QED) is 0.578. The molecule has 4 heteroatoms. The molecule has 1 aromatic rings. The van der Waals surface area contributed by atoms with Gasteiger partial charge in [0.15, 0.2) is 0 Å². The van der Waals surface area contributed by atoms with Gasteiger partial charge in [0, 0.05) is 17.8 Å². The summed E-state index contributed by atoms with van der Waals surface area (Å²) in [7, 11) is 0. The average molecular weight is 198 g/mol. The summed E-state index contributed by atoms with van der Waals surface area (Å²) in [6.07, 6.45) is 1.78. The Kier molecular flexibility index (Phi) is 3.14. The summed E-state index contributed by atoms with van der Waals surface area (Å²) >= 11 is 5.72. The topological polar surface area (TPSA) is 50.9 Å². The van der Waals surface area contributed by atoms with Crippen molar-refractivity contribution in [2.45, 2.75) is 13.0 Å². The molecule has 1 rings (SSSR count). The molecule has 0 bridgehead atoms. The molecule has 0 saturated heterocycles. The Morgan fingerprint density at radius 3 is 2.92 bits per heavy atom. The summed E-state index contributed by atoms with van der Waals surface area (Å²) < 4.78 is 0. The standard InChI is InChI=1S/C9H12ClN3/c1-3-6(2)12-9-5-7(11)4-8(10)13-9/h3-6H,1H2,2H3,(H3,11,12,13). The second-order valence-electron chi connectivity index (χ2n) is 2.78. The second kappa shape index (κ2) is 4.14. The molecule has 0 radical (unpaired) electrons. The van der Waals surface area contributed by atoms with Gasteiger partial charge < -0.3 is 11.1 Å². The average Bonchev–Trinajstić information content (AvgIpc) is 2.02. The molecule has 1 heterocycles. The molecule has 0 aliphatic heterocycles. The number of nitrogens with one attached hydrogen (secondary N) is 1. The van der Waals surface area contributed by atoms with E-state index in [4.69, 9.17) is 17.3 Å². The first-order valence-corrected chi connectivity index (χ1v) is 4.32. The molecule has 0 saturated carbocycles. The highest BCUT2D eigenvalue weighted by Gasteiger charge is 2.00. The maximum atomic E-state index is 5.72. The van der Waals surface area contributed by atoms with Gasteiger partial charge in [-0.05, 0) is 13.0 Å². The number of nitrogens with two attached hydrogens (primary N) is 1. The molecule has 0 aliphatic rings. The molecule has 0 spiro atoms. The highest BCUT2D eigenvalue weighted by molar-refractivity contribution is 6.29. The summed E-state index contributed by atoms with van der Waals surface area (Å²) in [5.41, 5.74) is 6.18. The fourth-order valence-electron chi connectivity index (χ4n) is 0.883. The molecule has 1 aromatic heterocycles. The Labute approximate surface area is 82.6 Å². The van der Waals surface area contributed by atoms with Crippen LogP contribution in [0.1, 0.15) is 6.92 Å². The molecule has 3 nitrogen and oxygen atoms in total. The van der Waals surface area contributed by atoms with Crippen LogP contribution in [0.3, 0.4) is 0 Å². The lowest BCUT2D eigenvalue weighted by Crippen LogP contribution is -2.12. The van der Waals surface area contributed by atoms with Crippen LogP contribution in [0, 0.1) is 0 Å². The van der Waals surface area contributed by atoms with E-state index in [1.54, 1.807) is 18.2 Å². The van der Waals surface area contributed by atoms with Crippen LogP contribution in [-0.4, -0.2) is 11.0 Å². The van der Waals surface area contributed by atoms with Crippen LogP contribution in [0.5, 0.6) is 0 Å². The van der Waals surface area contributed by atoms with Crippen LogP contribution >= 0.6 is 11.6 Å². The highest BCUT2D eigenvalue weighted by Crippen LogP contribution is 2.16. The molecule has 0 aromatic carbocycles. The number of nitrogen functional groups attached to an aromatic ring is 1. The third-order valence-electron chi connectivity index (χ3n) is 1.55. The number of nitrogens with zero attached hydrogens (tertiary/aromatic N) is 1. The molecule has 0 amide bonds. The van der Waals surface area contributed by atoms with E-state index in [0.29, 0.717) is 16.7 Å². The maximum Gasteiger partial charge on any atom is 0.133 e. The van der Waals surface area contributed by atoms with Crippen LogP contribution in [0.4, 0.5) is 11.5 Å². The first-order chi connectivity index (χ1) is 6.11. The molecular formula is C9H12ClN3. The van der Waals surface area contributed by atoms with Gasteiger partial charge in [0.2, 0.25) is 0 Å². The van der Waals surface area contributed by atoms with Crippen LogP contribution in [0.15, 0.2) is 24.8 Å². The summed E-state index contributed by atoms with van der Waals surface area (Å²) in [5.74, 6) is 0.664. The van der Waals surface area contributed by atoms with Gasteiger partial charge >= 0.3 is 0 Å². The summed E-state index contributed by atoms with van der Waals surface area (Å²) in [4.78, 5) is 4.05.